The second-order valence-electron chi connectivity index (χ2n) is 3.58. The van der Waals surface area contributed by atoms with Crippen molar-refractivity contribution in [2.24, 2.45) is 0 Å². The molecule has 0 saturated carbocycles. The molecule has 2 unspecified atom stereocenters. The molecule has 0 bridgehead atoms. The highest BCUT2D eigenvalue weighted by Gasteiger charge is 2.35. The Hall–Kier alpha value is -0.220. The Morgan fingerprint density at radius 2 is 2.14 bits per heavy atom. The number of rotatable bonds is 5. The Bertz CT molecular complexity index is 199. The molecule has 0 radical (unpaired) electrons. The van der Waals surface area contributed by atoms with Crippen LogP contribution in [0.1, 0.15) is 26.7 Å². The van der Waals surface area contributed by atoms with Crippen molar-refractivity contribution in [3.8, 4) is 0 Å². The van der Waals surface area contributed by atoms with Gasteiger partial charge in [-0.2, -0.15) is 11.8 Å². The highest BCUT2D eigenvalue weighted by atomic mass is 32.2. The molecular weight excluding hydrogens is 196 g/mol. The molecule has 82 valence electrons. The Balaban J connectivity index is 2.56. The SMILES string of the molecule is CCC1NC(CC)N(CCSC)C1=O. The van der Waals surface area contributed by atoms with Gasteiger partial charge in [0, 0.05) is 12.3 Å². The summed E-state index contributed by atoms with van der Waals surface area (Å²) in [7, 11) is 0. The van der Waals surface area contributed by atoms with Crippen LogP contribution in [0.15, 0.2) is 0 Å². The van der Waals surface area contributed by atoms with Crippen molar-refractivity contribution >= 4 is 17.7 Å². The van der Waals surface area contributed by atoms with Crippen molar-refractivity contribution < 1.29 is 4.79 Å². The Kier molecular flexibility index (Phi) is 4.75. The zero-order chi connectivity index (χ0) is 10.6. The topological polar surface area (TPSA) is 32.3 Å². The predicted octanol–water partition coefficient (Wildman–Crippen LogP) is 1.30. The van der Waals surface area contributed by atoms with Crippen LogP contribution in [-0.4, -0.2) is 41.6 Å². The fourth-order valence-electron chi connectivity index (χ4n) is 1.83. The number of carbonyl (C=O) groups is 1. The first kappa shape index (κ1) is 11.9. The summed E-state index contributed by atoms with van der Waals surface area (Å²) in [5, 5.41) is 3.37. The largest absolute Gasteiger partial charge is 0.325 e. The minimum Gasteiger partial charge on any atom is -0.325 e. The molecule has 14 heavy (non-hydrogen) atoms. The van der Waals surface area contributed by atoms with Crippen molar-refractivity contribution in [3.63, 3.8) is 0 Å². The Morgan fingerprint density at radius 3 is 2.64 bits per heavy atom. The van der Waals surface area contributed by atoms with Gasteiger partial charge in [0.25, 0.3) is 0 Å². The highest BCUT2D eigenvalue weighted by Crippen LogP contribution is 2.15. The minimum atomic E-state index is 0.0572. The summed E-state index contributed by atoms with van der Waals surface area (Å²) in [5.74, 6) is 1.31. The Morgan fingerprint density at radius 1 is 1.43 bits per heavy atom. The molecule has 1 rings (SSSR count). The summed E-state index contributed by atoms with van der Waals surface area (Å²) in [6, 6.07) is 0.0572. The van der Waals surface area contributed by atoms with Crippen LogP contribution in [0.3, 0.4) is 0 Å². The lowest BCUT2D eigenvalue weighted by Crippen LogP contribution is -2.38. The van der Waals surface area contributed by atoms with E-state index in [0.717, 1.165) is 25.1 Å². The van der Waals surface area contributed by atoms with Crippen LogP contribution in [-0.2, 0) is 4.79 Å². The standard InChI is InChI=1S/C10H20N2OS/c1-4-8-10(13)12(6-7-14-3)9(5-2)11-8/h8-9,11H,4-7H2,1-3H3. The summed E-state index contributed by atoms with van der Waals surface area (Å²) < 4.78 is 0. The number of carbonyl (C=O) groups excluding carboxylic acids is 1. The maximum atomic E-state index is 11.9. The van der Waals surface area contributed by atoms with Crippen LogP contribution in [0.5, 0.6) is 0 Å². The van der Waals surface area contributed by atoms with Crippen LogP contribution in [0.25, 0.3) is 0 Å². The zero-order valence-electron chi connectivity index (χ0n) is 9.25. The minimum absolute atomic E-state index is 0.0572. The Labute approximate surface area is 90.6 Å². The molecule has 1 N–H and O–H groups in total. The molecule has 0 aromatic heterocycles. The summed E-state index contributed by atoms with van der Waals surface area (Å²) >= 11 is 1.79. The molecule has 0 aromatic rings. The van der Waals surface area contributed by atoms with Crippen LogP contribution in [0.4, 0.5) is 0 Å². The molecule has 1 fully saturated rings. The third-order valence-electron chi connectivity index (χ3n) is 2.68. The van der Waals surface area contributed by atoms with Crippen LogP contribution in [0.2, 0.25) is 0 Å². The van der Waals surface area contributed by atoms with Gasteiger partial charge in [-0.1, -0.05) is 13.8 Å². The van der Waals surface area contributed by atoms with Crippen molar-refractivity contribution in [2.45, 2.75) is 38.9 Å². The van der Waals surface area contributed by atoms with Crippen molar-refractivity contribution in [1.82, 2.24) is 10.2 Å². The van der Waals surface area contributed by atoms with Gasteiger partial charge in [-0.3, -0.25) is 10.1 Å². The molecule has 1 heterocycles. The van der Waals surface area contributed by atoms with Gasteiger partial charge in [-0.15, -0.1) is 0 Å². The third kappa shape index (κ3) is 2.42. The van der Waals surface area contributed by atoms with E-state index in [1.165, 1.54) is 0 Å². The summed E-state index contributed by atoms with van der Waals surface area (Å²) in [5.41, 5.74) is 0. The first-order chi connectivity index (χ1) is 6.74. The van der Waals surface area contributed by atoms with E-state index >= 15 is 0 Å². The lowest BCUT2D eigenvalue weighted by atomic mass is 10.2. The van der Waals surface area contributed by atoms with Gasteiger partial charge in [0.2, 0.25) is 5.91 Å². The molecule has 1 aliphatic rings. The van der Waals surface area contributed by atoms with E-state index in [4.69, 9.17) is 0 Å². The number of hydrogen-bond acceptors (Lipinski definition) is 3. The van der Waals surface area contributed by atoms with Gasteiger partial charge in [-0.05, 0) is 19.1 Å². The van der Waals surface area contributed by atoms with Gasteiger partial charge < -0.3 is 4.90 Å². The van der Waals surface area contributed by atoms with Crippen molar-refractivity contribution in [2.75, 3.05) is 18.6 Å². The van der Waals surface area contributed by atoms with E-state index in [0.29, 0.717) is 0 Å². The summed E-state index contributed by atoms with van der Waals surface area (Å²) in [6.45, 7) is 5.05. The number of nitrogens with zero attached hydrogens (tertiary/aromatic N) is 1. The van der Waals surface area contributed by atoms with Crippen LogP contribution in [0, 0.1) is 0 Å². The molecule has 1 amide bonds. The summed E-state index contributed by atoms with van der Waals surface area (Å²) in [4.78, 5) is 13.9. The van der Waals surface area contributed by atoms with Gasteiger partial charge in [0.1, 0.15) is 0 Å². The fourth-order valence-corrected chi connectivity index (χ4v) is 2.21. The van der Waals surface area contributed by atoms with E-state index in [9.17, 15) is 4.79 Å². The zero-order valence-corrected chi connectivity index (χ0v) is 10.1. The van der Waals surface area contributed by atoms with E-state index in [1.54, 1.807) is 11.8 Å². The first-order valence-electron chi connectivity index (χ1n) is 5.30. The molecule has 2 atom stereocenters. The van der Waals surface area contributed by atoms with Gasteiger partial charge in [-0.25, -0.2) is 0 Å². The number of thioether (sulfide) groups is 1. The normalized spacial score (nSPS) is 27.4. The molecule has 0 aliphatic carbocycles. The molecule has 0 aromatic carbocycles. The van der Waals surface area contributed by atoms with Crippen molar-refractivity contribution in [3.05, 3.63) is 0 Å². The monoisotopic (exact) mass is 216 g/mol. The second-order valence-corrected chi connectivity index (χ2v) is 4.56. The van der Waals surface area contributed by atoms with E-state index in [-0.39, 0.29) is 18.1 Å². The van der Waals surface area contributed by atoms with Crippen LogP contribution >= 0.6 is 11.8 Å². The molecular formula is C10H20N2OS. The van der Waals surface area contributed by atoms with Gasteiger partial charge >= 0.3 is 0 Å². The van der Waals surface area contributed by atoms with Crippen LogP contribution < -0.4 is 5.32 Å². The third-order valence-corrected chi connectivity index (χ3v) is 3.27. The molecule has 4 heteroatoms. The lowest BCUT2D eigenvalue weighted by Gasteiger charge is -2.22. The van der Waals surface area contributed by atoms with E-state index in [2.05, 4.69) is 25.4 Å². The smallest absolute Gasteiger partial charge is 0.241 e. The predicted molar refractivity (Wildman–Crippen MR) is 61.4 cm³/mol. The number of nitrogens with one attached hydrogen (secondary N) is 1. The average molecular weight is 216 g/mol. The van der Waals surface area contributed by atoms with E-state index < -0.39 is 0 Å². The lowest BCUT2D eigenvalue weighted by molar-refractivity contribution is -0.129. The average Bonchev–Trinajstić information content (AvgIpc) is 2.52. The van der Waals surface area contributed by atoms with Crippen molar-refractivity contribution in [1.29, 1.82) is 0 Å². The maximum absolute atomic E-state index is 11.9. The fraction of sp³-hybridized carbons (Fsp3) is 0.900. The first-order valence-corrected chi connectivity index (χ1v) is 6.69. The molecule has 1 aliphatic heterocycles. The maximum Gasteiger partial charge on any atom is 0.241 e. The number of amides is 1. The van der Waals surface area contributed by atoms with Gasteiger partial charge in [0.15, 0.2) is 0 Å². The second kappa shape index (κ2) is 5.61. The highest BCUT2D eigenvalue weighted by molar-refractivity contribution is 7.98. The molecule has 0 spiro atoms. The number of hydrogen-bond donors (Lipinski definition) is 1. The quantitative estimate of drug-likeness (QED) is 0.752. The van der Waals surface area contributed by atoms with Gasteiger partial charge in [0.05, 0.1) is 12.2 Å². The summed E-state index contributed by atoms with van der Waals surface area (Å²) in [6.07, 6.45) is 4.23. The van der Waals surface area contributed by atoms with E-state index in [1.807, 2.05) is 4.90 Å². The molecule has 3 nitrogen and oxygen atoms in total. The molecule has 1 saturated heterocycles.